The predicted octanol–water partition coefficient (Wildman–Crippen LogP) is 4.61. The molecule has 0 saturated heterocycles. The molecule has 0 spiro atoms. The Balaban J connectivity index is 1.78. The van der Waals surface area contributed by atoms with Crippen molar-refractivity contribution in [1.29, 1.82) is 0 Å². The summed E-state index contributed by atoms with van der Waals surface area (Å²) >= 11 is 0. The zero-order chi connectivity index (χ0) is 13.6. The fraction of sp³-hybridized carbons (Fsp3) is 0.600. The molecular formula is C15H18F3N. The first-order chi connectivity index (χ1) is 8.93. The van der Waals surface area contributed by atoms with Gasteiger partial charge in [-0.25, -0.2) is 0 Å². The second kappa shape index (κ2) is 4.43. The molecule has 2 fully saturated rings. The molecule has 2 aliphatic rings. The van der Waals surface area contributed by atoms with Gasteiger partial charge in [0.15, 0.2) is 0 Å². The van der Waals surface area contributed by atoms with Crippen molar-refractivity contribution in [1.82, 2.24) is 0 Å². The van der Waals surface area contributed by atoms with Crippen molar-refractivity contribution in [3.63, 3.8) is 0 Å². The first kappa shape index (κ1) is 12.8. The van der Waals surface area contributed by atoms with E-state index >= 15 is 0 Å². The molecule has 3 rings (SSSR count). The second-order valence-electron chi connectivity index (χ2n) is 5.95. The summed E-state index contributed by atoms with van der Waals surface area (Å²) in [5.41, 5.74) is 0.363. The Labute approximate surface area is 111 Å². The molecule has 3 atom stereocenters. The number of rotatable bonds is 2. The Morgan fingerprint density at radius 1 is 1.16 bits per heavy atom. The highest BCUT2D eigenvalue weighted by Gasteiger charge is 2.39. The summed E-state index contributed by atoms with van der Waals surface area (Å²) in [6, 6.07) is 4.93. The molecule has 0 aliphatic heterocycles. The van der Waals surface area contributed by atoms with Gasteiger partial charge in [0, 0.05) is 11.7 Å². The number of nitrogens with one attached hydrogen (secondary N) is 1. The molecule has 0 radical (unpaired) electrons. The summed E-state index contributed by atoms with van der Waals surface area (Å²) in [5, 5.41) is 3.31. The molecule has 1 N–H and O–H groups in total. The highest BCUT2D eigenvalue weighted by atomic mass is 19.4. The van der Waals surface area contributed by atoms with Gasteiger partial charge in [-0.3, -0.25) is 0 Å². The van der Waals surface area contributed by atoms with Gasteiger partial charge in [0.2, 0.25) is 0 Å². The maximum atomic E-state index is 12.9. The van der Waals surface area contributed by atoms with Crippen LogP contribution in [0.5, 0.6) is 0 Å². The lowest BCUT2D eigenvalue weighted by atomic mass is 9.95. The zero-order valence-corrected chi connectivity index (χ0v) is 10.9. The molecule has 19 heavy (non-hydrogen) atoms. The summed E-state index contributed by atoms with van der Waals surface area (Å²) in [6.07, 6.45) is 0.608. The molecule has 1 aromatic carbocycles. The summed E-state index contributed by atoms with van der Waals surface area (Å²) in [5.74, 6) is 1.44. The fourth-order valence-corrected chi connectivity index (χ4v) is 3.65. The maximum absolute atomic E-state index is 12.9. The van der Waals surface area contributed by atoms with E-state index < -0.39 is 11.7 Å². The van der Waals surface area contributed by atoms with Crippen LogP contribution < -0.4 is 5.32 Å². The third-order valence-electron chi connectivity index (χ3n) is 4.63. The van der Waals surface area contributed by atoms with E-state index in [1.165, 1.54) is 32.3 Å². The summed E-state index contributed by atoms with van der Waals surface area (Å²) < 4.78 is 38.6. The first-order valence-electron chi connectivity index (χ1n) is 6.88. The number of benzene rings is 1. The highest BCUT2D eigenvalue weighted by molar-refractivity contribution is 5.50. The van der Waals surface area contributed by atoms with Crippen molar-refractivity contribution in [3.8, 4) is 0 Å². The van der Waals surface area contributed by atoms with Crippen molar-refractivity contribution < 1.29 is 13.2 Å². The molecule has 104 valence electrons. The van der Waals surface area contributed by atoms with E-state index in [2.05, 4.69) is 5.32 Å². The summed E-state index contributed by atoms with van der Waals surface area (Å²) in [4.78, 5) is 0. The summed E-state index contributed by atoms with van der Waals surface area (Å²) in [6.45, 7) is 1.50. The van der Waals surface area contributed by atoms with Crippen molar-refractivity contribution in [2.75, 3.05) is 5.32 Å². The molecule has 2 bridgehead atoms. The standard InChI is InChI=1S/C15H18F3N/c1-9-2-5-12(8-13(9)15(16,17)18)19-14-7-10-3-4-11(14)6-10/h2,5,8,10-11,14,19H,3-4,6-7H2,1H3. The third kappa shape index (κ3) is 2.45. The number of aryl methyl sites for hydroxylation is 1. The lowest BCUT2D eigenvalue weighted by Crippen LogP contribution is -2.26. The average molecular weight is 269 g/mol. The number of hydrogen-bond acceptors (Lipinski definition) is 1. The van der Waals surface area contributed by atoms with Crippen molar-refractivity contribution >= 4 is 5.69 Å². The van der Waals surface area contributed by atoms with Crippen LogP contribution in [-0.2, 0) is 6.18 Å². The lowest BCUT2D eigenvalue weighted by Gasteiger charge is -2.24. The molecule has 2 saturated carbocycles. The number of halogens is 3. The molecule has 2 aliphatic carbocycles. The molecule has 0 heterocycles. The minimum atomic E-state index is -4.27. The molecule has 1 aromatic rings. The van der Waals surface area contributed by atoms with Crippen molar-refractivity contribution in [2.45, 2.75) is 44.8 Å². The Hall–Kier alpha value is -1.19. The maximum Gasteiger partial charge on any atom is 0.416 e. The molecule has 3 unspecified atom stereocenters. The summed E-state index contributed by atoms with van der Waals surface area (Å²) in [7, 11) is 0. The molecule has 4 heteroatoms. The minimum Gasteiger partial charge on any atom is -0.382 e. The monoisotopic (exact) mass is 269 g/mol. The van der Waals surface area contributed by atoms with Gasteiger partial charge in [-0.2, -0.15) is 13.2 Å². The number of anilines is 1. The van der Waals surface area contributed by atoms with Crippen LogP contribution in [-0.4, -0.2) is 6.04 Å². The van der Waals surface area contributed by atoms with E-state index in [0.29, 0.717) is 17.6 Å². The van der Waals surface area contributed by atoms with E-state index in [1.54, 1.807) is 12.1 Å². The zero-order valence-electron chi connectivity index (χ0n) is 10.9. The van der Waals surface area contributed by atoms with Gasteiger partial charge in [-0.05, 0) is 55.7 Å². The largest absolute Gasteiger partial charge is 0.416 e. The van der Waals surface area contributed by atoms with Gasteiger partial charge >= 0.3 is 6.18 Å². The van der Waals surface area contributed by atoms with Crippen LogP contribution in [0, 0.1) is 18.8 Å². The Morgan fingerprint density at radius 3 is 2.53 bits per heavy atom. The SMILES string of the molecule is Cc1ccc(NC2CC3CCC2C3)cc1C(F)(F)F. The average Bonchev–Trinajstić information content (AvgIpc) is 2.92. The van der Waals surface area contributed by atoms with E-state index in [-0.39, 0.29) is 5.56 Å². The van der Waals surface area contributed by atoms with Crippen molar-refractivity contribution in [3.05, 3.63) is 29.3 Å². The van der Waals surface area contributed by atoms with Crippen LogP contribution in [0.3, 0.4) is 0 Å². The normalized spacial score (nSPS) is 29.8. The van der Waals surface area contributed by atoms with Gasteiger partial charge in [0.05, 0.1) is 5.56 Å². The number of hydrogen-bond donors (Lipinski definition) is 1. The molecule has 0 aromatic heterocycles. The van der Waals surface area contributed by atoms with Gasteiger partial charge in [0.25, 0.3) is 0 Å². The second-order valence-corrected chi connectivity index (χ2v) is 5.95. The third-order valence-corrected chi connectivity index (χ3v) is 4.63. The Morgan fingerprint density at radius 2 is 1.95 bits per heavy atom. The quantitative estimate of drug-likeness (QED) is 0.826. The minimum absolute atomic E-state index is 0.283. The smallest absolute Gasteiger partial charge is 0.382 e. The van der Waals surface area contributed by atoms with Crippen molar-refractivity contribution in [2.24, 2.45) is 11.8 Å². The molecule has 0 amide bonds. The topological polar surface area (TPSA) is 12.0 Å². The number of alkyl halides is 3. The molecule has 1 nitrogen and oxygen atoms in total. The first-order valence-corrected chi connectivity index (χ1v) is 6.88. The Kier molecular flexibility index (Phi) is 2.99. The van der Waals surface area contributed by atoms with Gasteiger partial charge < -0.3 is 5.32 Å². The van der Waals surface area contributed by atoms with Crippen LogP contribution >= 0.6 is 0 Å². The van der Waals surface area contributed by atoms with Crippen LogP contribution in [0.4, 0.5) is 18.9 Å². The van der Waals surface area contributed by atoms with Crippen LogP contribution in [0.25, 0.3) is 0 Å². The van der Waals surface area contributed by atoms with E-state index in [9.17, 15) is 13.2 Å². The van der Waals surface area contributed by atoms with Gasteiger partial charge in [-0.1, -0.05) is 12.5 Å². The van der Waals surface area contributed by atoms with Crippen LogP contribution in [0.2, 0.25) is 0 Å². The van der Waals surface area contributed by atoms with E-state index in [1.807, 2.05) is 0 Å². The van der Waals surface area contributed by atoms with Crippen LogP contribution in [0.15, 0.2) is 18.2 Å². The number of fused-ring (bicyclic) bond motifs is 2. The van der Waals surface area contributed by atoms with Gasteiger partial charge in [-0.15, -0.1) is 0 Å². The fourth-order valence-electron chi connectivity index (χ4n) is 3.65. The van der Waals surface area contributed by atoms with E-state index in [4.69, 9.17) is 0 Å². The molecular weight excluding hydrogens is 251 g/mol. The van der Waals surface area contributed by atoms with Crippen LogP contribution in [0.1, 0.15) is 36.8 Å². The predicted molar refractivity (Wildman–Crippen MR) is 69.0 cm³/mol. The lowest BCUT2D eigenvalue weighted by molar-refractivity contribution is -0.138. The van der Waals surface area contributed by atoms with E-state index in [0.717, 1.165) is 12.3 Å². The highest BCUT2D eigenvalue weighted by Crippen LogP contribution is 2.45. The Bertz CT molecular complexity index is 481. The van der Waals surface area contributed by atoms with Gasteiger partial charge in [0.1, 0.15) is 0 Å².